The minimum atomic E-state index is 0.262. The third kappa shape index (κ3) is 5.42. The van der Waals surface area contributed by atoms with E-state index < -0.39 is 0 Å². The summed E-state index contributed by atoms with van der Waals surface area (Å²) in [4.78, 5) is 0. The summed E-state index contributed by atoms with van der Waals surface area (Å²) in [5.41, 5.74) is 8.29. The van der Waals surface area contributed by atoms with Gasteiger partial charge in [-0.3, -0.25) is 0 Å². The van der Waals surface area contributed by atoms with Crippen molar-refractivity contribution in [3.63, 3.8) is 0 Å². The summed E-state index contributed by atoms with van der Waals surface area (Å²) in [7, 11) is 0. The van der Waals surface area contributed by atoms with Crippen LogP contribution in [-0.4, -0.2) is 6.04 Å². The van der Waals surface area contributed by atoms with E-state index in [0.29, 0.717) is 0 Å². The van der Waals surface area contributed by atoms with Crippen LogP contribution in [0.1, 0.15) is 31.9 Å². The molecular weight excluding hydrogens is 158 g/mol. The molecule has 74 valence electrons. The van der Waals surface area contributed by atoms with Gasteiger partial charge in [-0.25, -0.2) is 0 Å². The maximum Gasteiger partial charge on any atom is 0.00509 e. The molecule has 13 heavy (non-hydrogen) atoms. The second-order valence-electron chi connectivity index (χ2n) is 3.17. The number of hydrogen-bond donors (Lipinski definition) is 1. The van der Waals surface area contributed by atoms with E-state index in [1.54, 1.807) is 0 Å². The van der Waals surface area contributed by atoms with Crippen LogP contribution in [0.5, 0.6) is 0 Å². The third-order valence-electron chi connectivity index (χ3n) is 1.68. The van der Waals surface area contributed by atoms with Crippen LogP contribution in [0, 0.1) is 6.92 Å². The molecule has 1 nitrogen and oxygen atoms in total. The van der Waals surface area contributed by atoms with E-state index in [4.69, 9.17) is 5.73 Å². The van der Waals surface area contributed by atoms with Crippen molar-refractivity contribution >= 4 is 0 Å². The number of aryl methyl sites for hydroxylation is 1. The van der Waals surface area contributed by atoms with E-state index in [-0.39, 0.29) is 6.04 Å². The first-order chi connectivity index (χ1) is 6.18. The molecule has 0 bridgehead atoms. The molecule has 1 aromatic carbocycles. The van der Waals surface area contributed by atoms with E-state index in [1.807, 2.05) is 20.8 Å². The van der Waals surface area contributed by atoms with E-state index in [0.717, 1.165) is 6.42 Å². The molecule has 0 aliphatic rings. The predicted molar refractivity (Wildman–Crippen MR) is 59.9 cm³/mol. The Bertz CT molecular complexity index is 211. The highest BCUT2D eigenvalue weighted by Crippen LogP contribution is 2.04. The lowest BCUT2D eigenvalue weighted by molar-refractivity contribution is 0.738. The van der Waals surface area contributed by atoms with Crippen molar-refractivity contribution in [2.75, 3.05) is 0 Å². The van der Waals surface area contributed by atoms with E-state index in [9.17, 15) is 0 Å². The zero-order chi connectivity index (χ0) is 10.3. The second-order valence-corrected chi connectivity index (χ2v) is 3.17. The van der Waals surface area contributed by atoms with Gasteiger partial charge in [-0.1, -0.05) is 43.7 Å². The highest BCUT2D eigenvalue weighted by Gasteiger charge is 1.95. The van der Waals surface area contributed by atoms with Crippen LogP contribution in [0.2, 0.25) is 0 Å². The fourth-order valence-electron chi connectivity index (χ4n) is 1.10. The summed E-state index contributed by atoms with van der Waals surface area (Å²) in [5.74, 6) is 0. The van der Waals surface area contributed by atoms with Crippen LogP contribution in [0.4, 0.5) is 0 Å². The first-order valence-corrected chi connectivity index (χ1v) is 4.99. The molecule has 0 spiro atoms. The lowest BCUT2D eigenvalue weighted by Gasteiger charge is -2.04. The van der Waals surface area contributed by atoms with Crippen LogP contribution in [0.15, 0.2) is 24.3 Å². The molecule has 0 saturated heterocycles. The van der Waals surface area contributed by atoms with Crippen molar-refractivity contribution in [3.05, 3.63) is 35.4 Å². The number of rotatable bonds is 2. The molecular formula is C12H21N. The van der Waals surface area contributed by atoms with Gasteiger partial charge in [-0.05, 0) is 25.8 Å². The maximum absolute atomic E-state index is 5.66. The molecule has 0 aliphatic heterocycles. The molecule has 0 heterocycles. The lowest BCUT2D eigenvalue weighted by atomic mass is 10.1. The van der Waals surface area contributed by atoms with Crippen molar-refractivity contribution in [3.8, 4) is 0 Å². The van der Waals surface area contributed by atoms with Crippen molar-refractivity contribution in [2.45, 2.75) is 40.2 Å². The van der Waals surface area contributed by atoms with Gasteiger partial charge in [0.05, 0.1) is 0 Å². The van der Waals surface area contributed by atoms with Gasteiger partial charge in [0.2, 0.25) is 0 Å². The van der Waals surface area contributed by atoms with Gasteiger partial charge in [-0.2, -0.15) is 0 Å². The van der Waals surface area contributed by atoms with E-state index in [1.165, 1.54) is 11.1 Å². The summed E-state index contributed by atoms with van der Waals surface area (Å²) in [6.45, 7) is 8.12. The fraction of sp³-hybridized carbons (Fsp3) is 0.500. The van der Waals surface area contributed by atoms with Crippen LogP contribution in [0.3, 0.4) is 0 Å². The molecule has 0 fully saturated rings. The molecule has 1 heteroatoms. The van der Waals surface area contributed by atoms with Gasteiger partial charge in [0.1, 0.15) is 0 Å². The quantitative estimate of drug-likeness (QED) is 0.742. The molecule has 0 saturated carbocycles. The molecule has 0 aromatic heterocycles. The number of hydrogen-bond acceptors (Lipinski definition) is 1. The smallest absolute Gasteiger partial charge is 0.00509 e. The standard InChI is InChI=1S/C10H15N.C2H6/c1-8-3-5-10(6-4-8)7-9(2)11;1-2/h3-6,9H,7,11H2,1-2H3;1-2H3. The molecule has 0 radical (unpaired) electrons. The highest BCUT2D eigenvalue weighted by molar-refractivity contribution is 5.21. The Morgan fingerprint density at radius 2 is 1.62 bits per heavy atom. The van der Waals surface area contributed by atoms with Crippen LogP contribution >= 0.6 is 0 Å². The largest absolute Gasteiger partial charge is 0.328 e. The molecule has 1 aromatic rings. The monoisotopic (exact) mass is 179 g/mol. The minimum Gasteiger partial charge on any atom is -0.328 e. The van der Waals surface area contributed by atoms with Crippen molar-refractivity contribution in [2.24, 2.45) is 5.73 Å². The first kappa shape index (κ1) is 12.2. The Kier molecular flexibility index (Phi) is 6.25. The fourth-order valence-corrected chi connectivity index (χ4v) is 1.10. The molecule has 1 atom stereocenters. The van der Waals surface area contributed by atoms with Gasteiger partial charge < -0.3 is 5.73 Å². The molecule has 0 amide bonds. The average molecular weight is 179 g/mol. The SMILES string of the molecule is CC.Cc1ccc(CC(C)N)cc1. The average Bonchev–Trinajstić information content (AvgIpc) is 2.12. The second kappa shape index (κ2) is 6.67. The Labute approximate surface area is 82.0 Å². The molecule has 2 N–H and O–H groups in total. The van der Waals surface area contributed by atoms with Gasteiger partial charge in [0, 0.05) is 6.04 Å². The molecule has 1 unspecified atom stereocenters. The first-order valence-electron chi connectivity index (χ1n) is 4.99. The Hall–Kier alpha value is -0.820. The summed E-state index contributed by atoms with van der Waals surface area (Å²) < 4.78 is 0. The third-order valence-corrected chi connectivity index (χ3v) is 1.68. The van der Waals surface area contributed by atoms with Crippen molar-refractivity contribution in [1.82, 2.24) is 0 Å². The summed E-state index contributed by atoms with van der Waals surface area (Å²) >= 11 is 0. The summed E-state index contributed by atoms with van der Waals surface area (Å²) in [6.07, 6.45) is 0.972. The van der Waals surface area contributed by atoms with E-state index in [2.05, 4.69) is 31.2 Å². The Balaban J connectivity index is 0.000000671. The van der Waals surface area contributed by atoms with Gasteiger partial charge >= 0.3 is 0 Å². The predicted octanol–water partition coefficient (Wildman–Crippen LogP) is 2.91. The maximum atomic E-state index is 5.66. The van der Waals surface area contributed by atoms with Crippen molar-refractivity contribution in [1.29, 1.82) is 0 Å². The topological polar surface area (TPSA) is 26.0 Å². The van der Waals surface area contributed by atoms with Crippen LogP contribution in [-0.2, 0) is 6.42 Å². The zero-order valence-electron chi connectivity index (χ0n) is 9.17. The van der Waals surface area contributed by atoms with E-state index >= 15 is 0 Å². The lowest BCUT2D eigenvalue weighted by Crippen LogP contribution is -2.17. The summed E-state index contributed by atoms with van der Waals surface area (Å²) in [5, 5.41) is 0. The minimum absolute atomic E-state index is 0.262. The zero-order valence-corrected chi connectivity index (χ0v) is 9.17. The summed E-state index contributed by atoms with van der Waals surface area (Å²) in [6, 6.07) is 8.78. The van der Waals surface area contributed by atoms with Crippen LogP contribution in [0.25, 0.3) is 0 Å². The normalized spacial score (nSPS) is 11.5. The van der Waals surface area contributed by atoms with Gasteiger partial charge in [0.25, 0.3) is 0 Å². The van der Waals surface area contributed by atoms with Crippen LogP contribution < -0.4 is 5.73 Å². The Morgan fingerprint density at radius 1 is 1.15 bits per heavy atom. The highest BCUT2D eigenvalue weighted by atomic mass is 14.6. The van der Waals surface area contributed by atoms with Crippen molar-refractivity contribution < 1.29 is 0 Å². The number of nitrogens with two attached hydrogens (primary N) is 1. The number of benzene rings is 1. The molecule has 1 rings (SSSR count). The molecule has 0 aliphatic carbocycles. The Morgan fingerprint density at radius 3 is 2.00 bits per heavy atom. The van der Waals surface area contributed by atoms with Gasteiger partial charge in [-0.15, -0.1) is 0 Å². The van der Waals surface area contributed by atoms with Gasteiger partial charge in [0.15, 0.2) is 0 Å².